The van der Waals surface area contributed by atoms with Crippen molar-refractivity contribution in [2.75, 3.05) is 37.6 Å². The first-order valence-electron chi connectivity index (χ1n) is 10.5. The second-order valence-corrected chi connectivity index (χ2v) is 7.76. The minimum Gasteiger partial charge on any atom is -0.497 e. The largest absolute Gasteiger partial charge is 0.497 e. The molecule has 1 aromatic heterocycles. The molecular formula is C25H27N3O4S. The van der Waals surface area contributed by atoms with Crippen LogP contribution in [-0.2, 0) is 9.53 Å². The average Bonchev–Trinajstić information content (AvgIpc) is 3.38. The molecule has 1 heterocycles. The van der Waals surface area contributed by atoms with Crippen molar-refractivity contribution >= 4 is 40.5 Å². The number of hydrogen-bond donors (Lipinski definition) is 0. The Morgan fingerprint density at radius 3 is 2.27 bits per heavy atom. The van der Waals surface area contributed by atoms with Gasteiger partial charge < -0.3 is 23.8 Å². The number of ether oxygens (including phenoxy) is 2. The average molecular weight is 466 g/mol. The first-order chi connectivity index (χ1) is 15.8. The van der Waals surface area contributed by atoms with Gasteiger partial charge in [0.25, 0.3) is 0 Å². The van der Waals surface area contributed by atoms with E-state index in [0.29, 0.717) is 16.2 Å². The van der Waals surface area contributed by atoms with E-state index in [-0.39, 0.29) is 18.9 Å². The third-order valence-electron chi connectivity index (χ3n) is 5.25. The van der Waals surface area contributed by atoms with E-state index in [1.807, 2.05) is 66.5 Å². The van der Waals surface area contributed by atoms with Crippen LogP contribution in [0, 0.1) is 0 Å². The third-order valence-corrected chi connectivity index (χ3v) is 5.67. The van der Waals surface area contributed by atoms with E-state index in [4.69, 9.17) is 21.7 Å². The van der Waals surface area contributed by atoms with Gasteiger partial charge in [-0.2, -0.15) is 0 Å². The predicted molar refractivity (Wildman–Crippen MR) is 134 cm³/mol. The van der Waals surface area contributed by atoms with Gasteiger partial charge in [-0.25, -0.2) is 4.79 Å². The topological polar surface area (TPSA) is 64.0 Å². The van der Waals surface area contributed by atoms with Crippen LogP contribution in [0.15, 0.2) is 67.0 Å². The summed E-state index contributed by atoms with van der Waals surface area (Å²) in [7, 11) is 5.05. The molecule has 2 aromatic carbocycles. The molecule has 1 amide bonds. The number of benzene rings is 2. The highest BCUT2D eigenvalue weighted by molar-refractivity contribution is 7.80. The van der Waals surface area contributed by atoms with E-state index in [9.17, 15) is 9.59 Å². The number of esters is 1. The summed E-state index contributed by atoms with van der Waals surface area (Å²) in [5.41, 5.74) is 2.42. The summed E-state index contributed by atoms with van der Waals surface area (Å²) in [5.74, 6) is 0.0161. The molecule has 0 bridgehead atoms. The van der Waals surface area contributed by atoms with Crippen molar-refractivity contribution in [2.45, 2.75) is 13.3 Å². The van der Waals surface area contributed by atoms with E-state index in [0.717, 1.165) is 17.1 Å². The molecule has 0 radical (unpaired) electrons. The molecule has 0 aliphatic carbocycles. The molecule has 33 heavy (non-hydrogen) atoms. The molecule has 0 fully saturated rings. The Hall–Kier alpha value is -3.65. The maximum atomic E-state index is 13.1. The number of hydrogen-bond acceptors (Lipinski definition) is 5. The maximum Gasteiger partial charge on any atom is 0.340 e. The molecule has 0 N–H and O–H groups in total. The zero-order valence-corrected chi connectivity index (χ0v) is 20.0. The van der Waals surface area contributed by atoms with Gasteiger partial charge in [-0.3, -0.25) is 4.79 Å². The Morgan fingerprint density at radius 1 is 1.00 bits per heavy atom. The second-order valence-electron chi connectivity index (χ2n) is 7.29. The molecule has 0 unspecified atom stereocenters. The fourth-order valence-electron chi connectivity index (χ4n) is 3.31. The van der Waals surface area contributed by atoms with Crippen molar-refractivity contribution in [1.82, 2.24) is 4.57 Å². The summed E-state index contributed by atoms with van der Waals surface area (Å²) in [4.78, 5) is 29.4. The van der Waals surface area contributed by atoms with Gasteiger partial charge in [-0.1, -0.05) is 12.2 Å². The van der Waals surface area contributed by atoms with Gasteiger partial charge >= 0.3 is 5.97 Å². The summed E-state index contributed by atoms with van der Waals surface area (Å²) >= 11 is 5.52. The van der Waals surface area contributed by atoms with Crippen LogP contribution >= 0.6 is 12.2 Å². The molecule has 0 spiro atoms. The van der Waals surface area contributed by atoms with Crippen molar-refractivity contribution in [3.63, 3.8) is 0 Å². The third kappa shape index (κ3) is 5.59. The van der Waals surface area contributed by atoms with Crippen molar-refractivity contribution in [3.05, 3.63) is 72.6 Å². The molecule has 0 aliphatic heterocycles. The zero-order valence-electron chi connectivity index (χ0n) is 19.1. The normalized spacial score (nSPS) is 10.4. The van der Waals surface area contributed by atoms with Crippen molar-refractivity contribution < 1.29 is 19.1 Å². The van der Waals surface area contributed by atoms with Crippen LogP contribution in [0.25, 0.3) is 5.69 Å². The van der Waals surface area contributed by atoms with Crippen LogP contribution in [-0.4, -0.2) is 49.2 Å². The lowest BCUT2D eigenvalue weighted by molar-refractivity contribution is -0.117. The summed E-state index contributed by atoms with van der Waals surface area (Å²) in [6.07, 6.45) is 3.77. The highest BCUT2D eigenvalue weighted by Gasteiger charge is 2.22. The number of carbonyl (C=O) groups excluding carboxylic acids is 2. The quantitative estimate of drug-likeness (QED) is 0.361. The number of carbonyl (C=O) groups is 2. The molecule has 172 valence electrons. The lowest BCUT2D eigenvalue weighted by Gasteiger charge is -2.24. The molecule has 0 atom stereocenters. The summed E-state index contributed by atoms with van der Waals surface area (Å²) < 4.78 is 12.3. The highest BCUT2D eigenvalue weighted by Crippen LogP contribution is 2.26. The Balaban J connectivity index is 1.80. The lowest BCUT2D eigenvalue weighted by atomic mass is 10.1. The van der Waals surface area contributed by atoms with E-state index in [1.165, 1.54) is 4.90 Å². The van der Waals surface area contributed by atoms with Crippen LogP contribution in [0.5, 0.6) is 5.75 Å². The van der Waals surface area contributed by atoms with E-state index < -0.39 is 5.97 Å². The van der Waals surface area contributed by atoms with Gasteiger partial charge in [-0.15, -0.1) is 0 Å². The van der Waals surface area contributed by atoms with Gasteiger partial charge in [0.2, 0.25) is 5.91 Å². The Bertz CT molecular complexity index is 1130. The number of methoxy groups -OCH3 is 1. The van der Waals surface area contributed by atoms with Crippen LogP contribution in [0.4, 0.5) is 11.4 Å². The Morgan fingerprint density at radius 2 is 1.67 bits per heavy atom. The number of thiocarbonyl (C=S) groups is 1. The minimum absolute atomic E-state index is 0.00990. The zero-order chi connectivity index (χ0) is 24.0. The number of anilines is 2. The van der Waals surface area contributed by atoms with Gasteiger partial charge in [0, 0.05) is 37.9 Å². The standard InChI is InChI=1S/C25H27N3O4S/c1-5-32-25(30)21-16-19(28-14-6-7-15-28)10-13-22(21)27(3)23(29)17-24(33)26(2)18-8-11-20(31-4)12-9-18/h6-16H,5,17H2,1-4H3. The first kappa shape index (κ1) is 24.0. The fourth-order valence-corrected chi connectivity index (χ4v) is 3.54. The van der Waals surface area contributed by atoms with Gasteiger partial charge in [0.15, 0.2) is 0 Å². The Labute approximate surface area is 199 Å². The molecule has 8 heteroatoms. The molecule has 7 nitrogen and oxygen atoms in total. The minimum atomic E-state index is -0.487. The highest BCUT2D eigenvalue weighted by atomic mass is 32.1. The fraction of sp³-hybridized carbons (Fsp3) is 0.240. The molecule has 0 saturated heterocycles. The van der Waals surface area contributed by atoms with Crippen molar-refractivity contribution in [1.29, 1.82) is 0 Å². The number of nitrogens with zero attached hydrogens (tertiary/aromatic N) is 3. The number of aromatic nitrogens is 1. The smallest absolute Gasteiger partial charge is 0.340 e. The van der Waals surface area contributed by atoms with E-state index >= 15 is 0 Å². The maximum absolute atomic E-state index is 13.1. The van der Waals surface area contributed by atoms with Crippen molar-refractivity contribution in [3.8, 4) is 11.4 Å². The van der Waals surface area contributed by atoms with Crippen LogP contribution in [0.2, 0.25) is 0 Å². The molecule has 0 aliphatic rings. The van der Waals surface area contributed by atoms with Gasteiger partial charge in [-0.05, 0) is 61.5 Å². The van der Waals surface area contributed by atoms with E-state index in [1.54, 1.807) is 38.1 Å². The first-order valence-corrected chi connectivity index (χ1v) is 10.9. The summed E-state index contributed by atoms with van der Waals surface area (Å²) in [6, 6.07) is 16.5. The van der Waals surface area contributed by atoms with Crippen LogP contribution in [0.3, 0.4) is 0 Å². The summed E-state index contributed by atoms with van der Waals surface area (Å²) in [6.45, 7) is 1.98. The second kappa shape index (κ2) is 10.8. The predicted octanol–water partition coefficient (Wildman–Crippen LogP) is 4.48. The lowest BCUT2D eigenvalue weighted by Crippen LogP contribution is -2.34. The van der Waals surface area contributed by atoms with Crippen molar-refractivity contribution in [2.24, 2.45) is 0 Å². The van der Waals surface area contributed by atoms with Gasteiger partial charge in [0.1, 0.15) is 5.75 Å². The molecule has 0 saturated carbocycles. The SMILES string of the molecule is CCOC(=O)c1cc(-n2cccc2)ccc1N(C)C(=O)CC(=S)N(C)c1ccc(OC)cc1. The summed E-state index contributed by atoms with van der Waals surface area (Å²) in [5, 5.41) is 0. The number of amides is 1. The van der Waals surface area contributed by atoms with E-state index in [2.05, 4.69) is 0 Å². The molecule has 3 rings (SSSR count). The molecule has 3 aromatic rings. The van der Waals surface area contributed by atoms with Crippen LogP contribution < -0.4 is 14.5 Å². The van der Waals surface area contributed by atoms with Crippen LogP contribution in [0.1, 0.15) is 23.7 Å². The molecular weight excluding hydrogens is 438 g/mol. The Kier molecular flexibility index (Phi) is 7.84. The van der Waals surface area contributed by atoms with Gasteiger partial charge in [0.05, 0.1) is 36.4 Å². The monoisotopic (exact) mass is 465 g/mol. The number of rotatable bonds is 8.